The van der Waals surface area contributed by atoms with Crippen LogP contribution in [0.3, 0.4) is 0 Å². The van der Waals surface area contributed by atoms with Crippen LogP contribution in [0, 0.1) is 5.82 Å². The zero-order valence-corrected chi connectivity index (χ0v) is 17.3. The van der Waals surface area contributed by atoms with Gasteiger partial charge in [0.15, 0.2) is 0 Å². The number of anilines is 1. The first-order valence-electron chi connectivity index (χ1n) is 9.80. The lowest BCUT2D eigenvalue weighted by Crippen LogP contribution is -2.24. The molecule has 1 heterocycles. The summed E-state index contributed by atoms with van der Waals surface area (Å²) < 4.78 is 13.2. The molecular formula is C22H23FN4O2S. The molecule has 0 fully saturated rings. The highest BCUT2D eigenvalue weighted by molar-refractivity contribution is 7.13. The first kappa shape index (κ1) is 21.6. The molecule has 2 amide bonds. The van der Waals surface area contributed by atoms with E-state index < -0.39 is 11.7 Å². The average molecular weight is 427 g/mol. The fraction of sp³-hybridized carbons (Fsp3) is 0.273. The summed E-state index contributed by atoms with van der Waals surface area (Å²) in [6, 6.07) is 15.8. The van der Waals surface area contributed by atoms with Crippen molar-refractivity contribution in [1.82, 2.24) is 15.5 Å². The second-order valence-corrected chi connectivity index (χ2v) is 7.82. The van der Waals surface area contributed by atoms with Crippen LogP contribution in [0.1, 0.15) is 39.6 Å². The number of carbonyl (C=O) groups excluding carboxylic acids is 2. The van der Waals surface area contributed by atoms with E-state index in [2.05, 4.69) is 33.0 Å². The third-order valence-electron chi connectivity index (χ3n) is 4.35. The third-order valence-corrected chi connectivity index (χ3v) is 5.33. The van der Waals surface area contributed by atoms with Gasteiger partial charge in [0.1, 0.15) is 10.8 Å². The minimum Gasteiger partial charge on any atom is -0.356 e. The van der Waals surface area contributed by atoms with Crippen LogP contribution in [0.15, 0.2) is 54.6 Å². The van der Waals surface area contributed by atoms with Gasteiger partial charge in [0.25, 0.3) is 5.91 Å². The molecule has 0 spiro atoms. The summed E-state index contributed by atoms with van der Waals surface area (Å²) in [5.74, 6) is -0.846. The number of aromatic nitrogens is 2. The van der Waals surface area contributed by atoms with E-state index >= 15 is 0 Å². The van der Waals surface area contributed by atoms with Gasteiger partial charge in [-0.3, -0.25) is 9.59 Å². The number of nitrogens with one attached hydrogen (secondary N) is 2. The van der Waals surface area contributed by atoms with Crippen molar-refractivity contribution < 1.29 is 14.0 Å². The normalized spacial score (nSPS) is 10.6. The maximum atomic E-state index is 13.2. The van der Waals surface area contributed by atoms with Crippen molar-refractivity contribution in [2.45, 2.75) is 32.1 Å². The number of hydrogen-bond acceptors (Lipinski definition) is 5. The molecule has 0 saturated heterocycles. The SMILES string of the molecule is O=C(CCCc1nnc(C(=O)Nc2cccc(F)c2)s1)NCCCc1ccccc1. The average Bonchev–Trinajstić information content (AvgIpc) is 3.21. The smallest absolute Gasteiger partial charge is 0.286 e. The van der Waals surface area contributed by atoms with E-state index in [0.29, 0.717) is 36.5 Å². The van der Waals surface area contributed by atoms with Crippen LogP contribution < -0.4 is 10.6 Å². The van der Waals surface area contributed by atoms with Crippen molar-refractivity contribution in [2.75, 3.05) is 11.9 Å². The molecule has 0 atom stereocenters. The summed E-state index contributed by atoms with van der Waals surface area (Å²) >= 11 is 1.18. The fourth-order valence-corrected chi connectivity index (χ4v) is 3.63. The van der Waals surface area contributed by atoms with Crippen LogP contribution in [-0.2, 0) is 17.6 Å². The lowest BCUT2D eigenvalue weighted by Gasteiger charge is -2.05. The molecule has 2 aromatic carbocycles. The standard InChI is InChI=1S/C22H23FN4O2S/c23-17-10-4-11-18(15-17)25-21(29)22-27-26-20(30-22)13-5-12-19(28)24-14-6-9-16-7-2-1-3-8-16/h1-4,7-8,10-11,15H,5-6,9,12-14H2,(H,24,28)(H,25,29). The van der Waals surface area contributed by atoms with Crippen LogP contribution in [-0.4, -0.2) is 28.6 Å². The van der Waals surface area contributed by atoms with E-state index in [-0.39, 0.29) is 10.9 Å². The summed E-state index contributed by atoms with van der Waals surface area (Å²) in [6.07, 6.45) is 3.44. The van der Waals surface area contributed by atoms with Gasteiger partial charge in [-0.15, -0.1) is 10.2 Å². The zero-order chi connectivity index (χ0) is 21.2. The summed E-state index contributed by atoms with van der Waals surface area (Å²) in [5.41, 5.74) is 1.63. The Morgan fingerprint density at radius 3 is 2.60 bits per heavy atom. The Kier molecular flexibility index (Phi) is 8.02. The molecule has 0 aliphatic carbocycles. The first-order valence-corrected chi connectivity index (χ1v) is 10.6. The highest BCUT2D eigenvalue weighted by atomic mass is 32.1. The van der Waals surface area contributed by atoms with E-state index in [1.807, 2.05) is 18.2 Å². The van der Waals surface area contributed by atoms with Gasteiger partial charge in [0.05, 0.1) is 0 Å². The number of carbonyl (C=O) groups is 2. The Balaban J connectivity index is 1.33. The van der Waals surface area contributed by atoms with Gasteiger partial charge in [0.2, 0.25) is 10.9 Å². The Bertz CT molecular complexity index is 978. The Morgan fingerprint density at radius 2 is 1.80 bits per heavy atom. The van der Waals surface area contributed by atoms with Crippen LogP contribution in [0.5, 0.6) is 0 Å². The minimum absolute atomic E-state index is 0.0108. The molecule has 0 radical (unpaired) electrons. The maximum absolute atomic E-state index is 13.2. The number of halogens is 1. The lowest BCUT2D eigenvalue weighted by atomic mass is 10.1. The Morgan fingerprint density at radius 1 is 0.967 bits per heavy atom. The van der Waals surface area contributed by atoms with Crippen molar-refractivity contribution in [2.24, 2.45) is 0 Å². The molecule has 2 N–H and O–H groups in total. The molecule has 30 heavy (non-hydrogen) atoms. The first-order chi connectivity index (χ1) is 14.6. The number of rotatable bonds is 10. The van der Waals surface area contributed by atoms with Gasteiger partial charge in [-0.25, -0.2) is 4.39 Å². The monoisotopic (exact) mass is 426 g/mol. The fourth-order valence-electron chi connectivity index (χ4n) is 2.85. The molecule has 0 saturated carbocycles. The topological polar surface area (TPSA) is 84.0 Å². The molecule has 0 aliphatic heterocycles. The van der Waals surface area contributed by atoms with E-state index in [1.165, 1.54) is 35.1 Å². The van der Waals surface area contributed by atoms with Crippen molar-refractivity contribution in [3.63, 3.8) is 0 Å². The molecule has 3 aromatic rings. The third kappa shape index (κ3) is 7.04. The quantitative estimate of drug-likeness (QED) is 0.480. The largest absolute Gasteiger partial charge is 0.356 e. The number of hydrogen-bond donors (Lipinski definition) is 2. The molecule has 8 heteroatoms. The maximum Gasteiger partial charge on any atom is 0.286 e. The molecular weight excluding hydrogens is 403 g/mol. The van der Waals surface area contributed by atoms with E-state index in [1.54, 1.807) is 6.07 Å². The lowest BCUT2D eigenvalue weighted by molar-refractivity contribution is -0.121. The number of amides is 2. The highest BCUT2D eigenvalue weighted by Gasteiger charge is 2.13. The van der Waals surface area contributed by atoms with Gasteiger partial charge in [0, 0.05) is 25.1 Å². The second kappa shape index (κ2) is 11.2. The minimum atomic E-state index is -0.430. The van der Waals surface area contributed by atoms with Gasteiger partial charge in [-0.1, -0.05) is 47.7 Å². The number of aryl methyl sites for hydroxylation is 2. The van der Waals surface area contributed by atoms with Crippen LogP contribution in [0.2, 0.25) is 0 Å². The van der Waals surface area contributed by atoms with Crippen molar-refractivity contribution >= 4 is 28.8 Å². The predicted molar refractivity (Wildman–Crippen MR) is 115 cm³/mol. The Hall–Kier alpha value is -3.13. The summed E-state index contributed by atoms with van der Waals surface area (Å²) in [4.78, 5) is 24.1. The molecule has 0 aliphatic rings. The molecule has 156 valence electrons. The highest BCUT2D eigenvalue weighted by Crippen LogP contribution is 2.16. The summed E-state index contributed by atoms with van der Waals surface area (Å²) in [7, 11) is 0. The predicted octanol–water partition coefficient (Wildman–Crippen LogP) is 4.00. The molecule has 3 rings (SSSR count). The zero-order valence-electron chi connectivity index (χ0n) is 16.4. The van der Waals surface area contributed by atoms with Crippen molar-refractivity contribution in [1.29, 1.82) is 0 Å². The molecule has 0 unspecified atom stereocenters. The van der Waals surface area contributed by atoms with Crippen LogP contribution in [0.4, 0.5) is 10.1 Å². The molecule has 1 aromatic heterocycles. The molecule has 0 bridgehead atoms. The van der Waals surface area contributed by atoms with Gasteiger partial charge in [-0.05, 0) is 43.0 Å². The number of benzene rings is 2. The Labute approximate surface area is 178 Å². The molecule has 6 nitrogen and oxygen atoms in total. The second-order valence-electron chi connectivity index (χ2n) is 6.76. The van der Waals surface area contributed by atoms with Gasteiger partial charge < -0.3 is 10.6 Å². The summed E-state index contributed by atoms with van der Waals surface area (Å²) in [5, 5.41) is 14.3. The van der Waals surface area contributed by atoms with Crippen LogP contribution in [0.25, 0.3) is 0 Å². The van der Waals surface area contributed by atoms with Crippen molar-refractivity contribution in [3.05, 3.63) is 76.0 Å². The van der Waals surface area contributed by atoms with Gasteiger partial charge in [-0.2, -0.15) is 0 Å². The van der Waals surface area contributed by atoms with Crippen molar-refractivity contribution in [3.8, 4) is 0 Å². The van der Waals surface area contributed by atoms with E-state index in [9.17, 15) is 14.0 Å². The van der Waals surface area contributed by atoms with Gasteiger partial charge >= 0.3 is 0 Å². The summed E-state index contributed by atoms with van der Waals surface area (Å²) in [6.45, 7) is 0.650. The van der Waals surface area contributed by atoms with Crippen LogP contribution >= 0.6 is 11.3 Å². The van der Waals surface area contributed by atoms with E-state index in [0.717, 1.165) is 12.8 Å². The number of nitrogens with zero attached hydrogens (tertiary/aromatic N) is 2. The van der Waals surface area contributed by atoms with E-state index in [4.69, 9.17) is 0 Å².